The van der Waals surface area contributed by atoms with Crippen LogP contribution in [-0.2, 0) is 11.3 Å². The topological polar surface area (TPSA) is 89.7 Å². The minimum absolute atomic E-state index is 0.169. The molecule has 1 aromatic heterocycles. The molecule has 138 valence electrons. The Hall–Kier alpha value is -3.55. The summed E-state index contributed by atoms with van der Waals surface area (Å²) in [5, 5.41) is 3.60. The van der Waals surface area contributed by atoms with Gasteiger partial charge >= 0.3 is 5.97 Å². The number of hydrogen-bond acceptors (Lipinski definition) is 6. The van der Waals surface area contributed by atoms with Crippen molar-refractivity contribution in [1.29, 1.82) is 0 Å². The van der Waals surface area contributed by atoms with E-state index >= 15 is 0 Å². The monoisotopic (exact) mass is 370 g/mol. The number of aromatic amines is 1. The number of pyridine rings is 1. The van der Waals surface area contributed by atoms with Crippen LogP contribution in [0.25, 0.3) is 10.9 Å². The molecule has 0 saturated carbocycles. The largest absolute Gasteiger partial charge is 0.465 e. The van der Waals surface area contributed by atoms with E-state index in [9.17, 15) is 14.0 Å². The van der Waals surface area contributed by atoms with E-state index in [1.54, 1.807) is 6.07 Å². The number of methoxy groups -OCH3 is 1. The molecule has 1 aliphatic heterocycles. The number of fused-ring (bicyclic) bond motifs is 2. The Morgan fingerprint density at radius 1 is 1.22 bits per heavy atom. The summed E-state index contributed by atoms with van der Waals surface area (Å²) in [4.78, 5) is 27.0. The lowest BCUT2D eigenvalue weighted by atomic mass is 10.1. The zero-order valence-electron chi connectivity index (χ0n) is 14.3. The van der Waals surface area contributed by atoms with E-state index in [4.69, 9.17) is 14.2 Å². The zero-order chi connectivity index (χ0) is 19.0. The molecular formula is C19H15FN2O5. The molecule has 2 N–H and O–H groups in total. The molecule has 0 amide bonds. The minimum atomic E-state index is -0.782. The van der Waals surface area contributed by atoms with Gasteiger partial charge in [0, 0.05) is 11.9 Å². The maximum atomic E-state index is 13.5. The number of hydrogen-bond donors (Lipinski definition) is 2. The molecular weight excluding hydrogens is 355 g/mol. The molecule has 0 atom stereocenters. The maximum Gasteiger partial charge on any atom is 0.345 e. The van der Waals surface area contributed by atoms with Crippen LogP contribution in [-0.4, -0.2) is 24.9 Å². The normalized spacial score (nSPS) is 12.2. The van der Waals surface area contributed by atoms with Crippen molar-refractivity contribution in [2.75, 3.05) is 19.2 Å². The Morgan fingerprint density at radius 2 is 2.04 bits per heavy atom. The number of anilines is 1. The first-order valence-corrected chi connectivity index (χ1v) is 8.13. The third kappa shape index (κ3) is 3.05. The summed E-state index contributed by atoms with van der Waals surface area (Å²) in [5.74, 6) is 0.00719. The van der Waals surface area contributed by atoms with Crippen LogP contribution in [0.5, 0.6) is 11.5 Å². The summed E-state index contributed by atoms with van der Waals surface area (Å²) in [7, 11) is 1.19. The zero-order valence-corrected chi connectivity index (χ0v) is 14.3. The second kappa shape index (κ2) is 6.64. The van der Waals surface area contributed by atoms with Crippen LogP contribution < -0.4 is 20.3 Å². The highest BCUT2D eigenvalue weighted by Gasteiger charge is 2.21. The number of halogens is 1. The fraction of sp³-hybridized carbons (Fsp3) is 0.158. The first-order valence-electron chi connectivity index (χ1n) is 8.13. The number of rotatable bonds is 4. The van der Waals surface area contributed by atoms with Gasteiger partial charge in [0.05, 0.1) is 18.3 Å². The lowest BCUT2D eigenvalue weighted by Crippen LogP contribution is -2.22. The number of H-pyrrole nitrogens is 1. The molecule has 2 heterocycles. The summed E-state index contributed by atoms with van der Waals surface area (Å²) < 4.78 is 28.9. The second-order valence-electron chi connectivity index (χ2n) is 5.93. The number of carbonyl (C=O) groups excluding carboxylic acids is 1. The van der Waals surface area contributed by atoms with E-state index in [1.165, 1.54) is 25.3 Å². The molecule has 1 aliphatic rings. The fourth-order valence-electron chi connectivity index (χ4n) is 2.99. The highest BCUT2D eigenvalue weighted by molar-refractivity contribution is 6.04. The number of carbonyl (C=O) groups is 1. The van der Waals surface area contributed by atoms with Crippen LogP contribution in [0.3, 0.4) is 0 Å². The first kappa shape index (κ1) is 16.9. The molecule has 0 aliphatic carbocycles. The maximum absolute atomic E-state index is 13.5. The van der Waals surface area contributed by atoms with Crippen molar-refractivity contribution in [2.45, 2.75) is 6.54 Å². The van der Waals surface area contributed by atoms with Gasteiger partial charge in [0.1, 0.15) is 11.4 Å². The first-order chi connectivity index (χ1) is 13.1. The van der Waals surface area contributed by atoms with Gasteiger partial charge in [-0.2, -0.15) is 0 Å². The average Bonchev–Trinajstić information content (AvgIpc) is 3.12. The molecule has 7 nitrogen and oxygen atoms in total. The Morgan fingerprint density at radius 3 is 2.85 bits per heavy atom. The summed E-state index contributed by atoms with van der Waals surface area (Å²) in [6.07, 6.45) is 0. The van der Waals surface area contributed by atoms with Gasteiger partial charge in [-0.05, 0) is 35.9 Å². The summed E-state index contributed by atoms with van der Waals surface area (Å²) in [6.45, 7) is 0.472. The van der Waals surface area contributed by atoms with Gasteiger partial charge in [-0.15, -0.1) is 0 Å². The van der Waals surface area contributed by atoms with Gasteiger partial charge in [-0.25, -0.2) is 9.18 Å². The van der Waals surface area contributed by atoms with Crippen molar-refractivity contribution in [1.82, 2.24) is 4.98 Å². The van der Waals surface area contributed by atoms with E-state index in [2.05, 4.69) is 10.3 Å². The highest BCUT2D eigenvalue weighted by atomic mass is 19.1. The Bertz CT molecular complexity index is 1110. The van der Waals surface area contributed by atoms with Crippen molar-refractivity contribution >= 4 is 22.6 Å². The Kier molecular flexibility index (Phi) is 4.15. The number of ether oxygens (including phenoxy) is 3. The molecule has 0 radical (unpaired) electrons. The third-order valence-electron chi connectivity index (χ3n) is 4.27. The molecule has 4 rings (SSSR count). The van der Waals surface area contributed by atoms with Gasteiger partial charge in [0.2, 0.25) is 6.79 Å². The van der Waals surface area contributed by atoms with Crippen molar-refractivity contribution < 1.29 is 23.4 Å². The minimum Gasteiger partial charge on any atom is -0.465 e. The SMILES string of the molecule is COC(=O)c1c(NCc2ccc3c(c2)OCO3)c2ccc(F)cc2[nH]c1=O. The predicted molar refractivity (Wildman–Crippen MR) is 95.8 cm³/mol. The van der Waals surface area contributed by atoms with E-state index in [0.29, 0.717) is 23.4 Å². The predicted octanol–water partition coefficient (Wildman–Crippen LogP) is 2.79. The van der Waals surface area contributed by atoms with Crippen LogP contribution in [0.4, 0.5) is 10.1 Å². The molecule has 0 unspecified atom stereocenters. The fourth-order valence-corrected chi connectivity index (χ4v) is 2.99. The summed E-state index contributed by atoms with van der Waals surface area (Å²) in [6, 6.07) is 9.38. The van der Waals surface area contributed by atoms with Gasteiger partial charge in [-0.3, -0.25) is 4.79 Å². The van der Waals surface area contributed by atoms with Crippen LogP contribution in [0.15, 0.2) is 41.2 Å². The van der Waals surface area contributed by atoms with Crippen molar-refractivity contribution in [3.05, 3.63) is 63.7 Å². The second-order valence-corrected chi connectivity index (χ2v) is 5.93. The van der Waals surface area contributed by atoms with Crippen LogP contribution >= 0.6 is 0 Å². The number of aromatic nitrogens is 1. The van der Waals surface area contributed by atoms with Crippen molar-refractivity contribution in [3.63, 3.8) is 0 Å². The van der Waals surface area contributed by atoms with E-state index in [-0.39, 0.29) is 23.6 Å². The summed E-state index contributed by atoms with van der Waals surface area (Å²) in [5.41, 5.74) is 0.579. The standard InChI is InChI=1S/C19H15FN2O5/c1-25-19(24)16-17(12-4-3-11(20)7-13(12)22-18(16)23)21-8-10-2-5-14-15(6-10)27-9-26-14/h2-7H,8-9H2,1H3,(H2,21,22,23). The van der Waals surface area contributed by atoms with Gasteiger partial charge < -0.3 is 24.5 Å². The molecule has 2 aromatic carbocycles. The molecule has 0 spiro atoms. The van der Waals surface area contributed by atoms with Crippen molar-refractivity contribution in [3.8, 4) is 11.5 Å². The number of esters is 1. The molecule has 0 saturated heterocycles. The molecule has 0 fully saturated rings. The average molecular weight is 370 g/mol. The smallest absolute Gasteiger partial charge is 0.345 e. The Balaban J connectivity index is 1.76. The van der Waals surface area contributed by atoms with E-state index in [0.717, 1.165) is 5.56 Å². The van der Waals surface area contributed by atoms with Crippen LogP contribution in [0.2, 0.25) is 0 Å². The lowest BCUT2D eigenvalue weighted by molar-refractivity contribution is 0.0600. The van der Waals surface area contributed by atoms with Gasteiger partial charge in [0.25, 0.3) is 5.56 Å². The van der Waals surface area contributed by atoms with E-state index < -0.39 is 17.3 Å². The van der Waals surface area contributed by atoms with E-state index in [1.807, 2.05) is 12.1 Å². The van der Waals surface area contributed by atoms with Crippen LogP contribution in [0, 0.1) is 5.82 Å². The number of nitrogens with one attached hydrogen (secondary N) is 2. The summed E-state index contributed by atoms with van der Waals surface area (Å²) >= 11 is 0. The highest BCUT2D eigenvalue weighted by Crippen LogP contribution is 2.33. The quantitative estimate of drug-likeness (QED) is 0.687. The number of benzene rings is 2. The van der Waals surface area contributed by atoms with Crippen LogP contribution in [0.1, 0.15) is 15.9 Å². The van der Waals surface area contributed by atoms with Gasteiger partial charge in [-0.1, -0.05) is 6.07 Å². The Labute approximate surface area is 152 Å². The molecule has 3 aromatic rings. The lowest BCUT2D eigenvalue weighted by Gasteiger charge is -2.14. The van der Waals surface area contributed by atoms with Gasteiger partial charge in [0.15, 0.2) is 11.5 Å². The molecule has 0 bridgehead atoms. The molecule has 27 heavy (non-hydrogen) atoms. The van der Waals surface area contributed by atoms with Crippen molar-refractivity contribution in [2.24, 2.45) is 0 Å². The third-order valence-corrected chi connectivity index (χ3v) is 4.27. The molecule has 8 heteroatoms.